The topological polar surface area (TPSA) is 50.1 Å². The van der Waals surface area contributed by atoms with E-state index in [-0.39, 0.29) is 11.5 Å². The van der Waals surface area contributed by atoms with Crippen molar-refractivity contribution in [2.24, 2.45) is 0 Å². The Kier molecular flexibility index (Phi) is 7.75. The Morgan fingerprint density at radius 1 is 1.50 bits per heavy atom. The third-order valence-corrected chi connectivity index (χ3v) is 1.97. The predicted octanol–water partition coefficient (Wildman–Crippen LogP) is 3.70. The summed E-state index contributed by atoms with van der Waals surface area (Å²) >= 11 is 0. The monoisotopic (exact) mass is 285 g/mol. The van der Waals surface area contributed by atoms with Crippen LogP contribution in [0.2, 0.25) is 0 Å². The number of carbonyl (C=O) groups is 1. The lowest BCUT2D eigenvalue weighted by Gasteiger charge is -2.05. The van der Waals surface area contributed by atoms with Gasteiger partial charge in [-0.2, -0.15) is 18.4 Å². The molecule has 0 aromatic heterocycles. The molecule has 0 spiro atoms. The molecule has 1 aromatic rings. The van der Waals surface area contributed by atoms with Gasteiger partial charge in [0.05, 0.1) is 17.2 Å². The predicted molar refractivity (Wildman–Crippen MR) is 67.6 cm³/mol. The third-order valence-electron chi connectivity index (χ3n) is 1.97. The Morgan fingerprint density at radius 3 is 2.60 bits per heavy atom. The summed E-state index contributed by atoms with van der Waals surface area (Å²) in [6.07, 6.45) is -2.38. The quantitative estimate of drug-likeness (QED) is 0.628. The van der Waals surface area contributed by atoms with E-state index >= 15 is 0 Å². The SMILES string of the molecule is C=CCOC(=O)CC.N#Cc1cccc(C(F)(F)F)c1. The number of nitriles is 1. The van der Waals surface area contributed by atoms with Crippen LogP contribution in [0.3, 0.4) is 0 Å². The van der Waals surface area contributed by atoms with Crippen molar-refractivity contribution in [2.75, 3.05) is 6.61 Å². The number of rotatable bonds is 3. The maximum absolute atomic E-state index is 12.0. The highest BCUT2D eigenvalue weighted by atomic mass is 19.4. The lowest BCUT2D eigenvalue weighted by Crippen LogP contribution is -2.04. The number of halogens is 3. The first-order valence-electron chi connectivity index (χ1n) is 5.69. The lowest BCUT2D eigenvalue weighted by atomic mass is 10.1. The van der Waals surface area contributed by atoms with E-state index in [0.717, 1.165) is 12.1 Å². The minimum Gasteiger partial charge on any atom is -0.461 e. The fraction of sp³-hybridized carbons (Fsp3) is 0.286. The summed E-state index contributed by atoms with van der Waals surface area (Å²) < 4.78 is 40.6. The molecule has 0 amide bonds. The van der Waals surface area contributed by atoms with Crippen LogP contribution in [-0.4, -0.2) is 12.6 Å². The first-order chi connectivity index (χ1) is 9.35. The fourth-order valence-electron chi connectivity index (χ4n) is 1.02. The molecule has 0 heterocycles. The molecule has 0 aliphatic carbocycles. The molecule has 0 radical (unpaired) electrons. The average Bonchev–Trinajstić information content (AvgIpc) is 2.44. The molecule has 0 saturated heterocycles. The van der Waals surface area contributed by atoms with E-state index in [2.05, 4.69) is 11.3 Å². The van der Waals surface area contributed by atoms with Crippen molar-refractivity contribution in [1.82, 2.24) is 0 Å². The van der Waals surface area contributed by atoms with Gasteiger partial charge in [0.2, 0.25) is 0 Å². The van der Waals surface area contributed by atoms with E-state index in [1.54, 1.807) is 19.1 Å². The fourth-order valence-corrected chi connectivity index (χ4v) is 1.02. The van der Waals surface area contributed by atoms with Crippen LogP contribution < -0.4 is 0 Å². The van der Waals surface area contributed by atoms with Crippen molar-refractivity contribution in [3.05, 3.63) is 48.0 Å². The number of hydrogen-bond acceptors (Lipinski definition) is 3. The highest BCUT2D eigenvalue weighted by Gasteiger charge is 2.30. The maximum atomic E-state index is 12.0. The first kappa shape index (κ1) is 17.7. The lowest BCUT2D eigenvalue weighted by molar-refractivity contribution is -0.142. The van der Waals surface area contributed by atoms with E-state index in [1.165, 1.54) is 12.1 Å². The van der Waals surface area contributed by atoms with E-state index < -0.39 is 11.7 Å². The zero-order valence-corrected chi connectivity index (χ0v) is 10.9. The highest BCUT2D eigenvalue weighted by Crippen LogP contribution is 2.29. The summed E-state index contributed by atoms with van der Waals surface area (Å²) in [5.74, 6) is -0.176. The van der Waals surface area contributed by atoms with Gasteiger partial charge in [0.25, 0.3) is 0 Å². The van der Waals surface area contributed by atoms with Crippen LogP contribution >= 0.6 is 0 Å². The molecule has 3 nitrogen and oxygen atoms in total. The summed E-state index contributed by atoms with van der Waals surface area (Å²) in [7, 11) is 0. The Morgan fingerprint density at radius 2 is 2.15 bits per heavy atom. The molecule has 0 aliphatic heterocycles. The molecular formula is C14H14F3NO2. The zero-order chi connectivity index (χ0) is 15.6. The molecule has 108 valence electrons. The van der Waals surface area contributed by atoms with Crippen molar-refractivity contribution in [1.29, 1.82) is 5.26 Å². The number of hydrogen-bond donors (Lipinski definition) is 0. The molecule has 0 aliphatic rings. The molecule has 0 atom stereocenters. The van der Waals surface area contributed by atoms with Gasteiger partial charge in [-0.05, 0) is 18.2 Å². The van der Waals surface area contributed by atoms with Crippen LogP contribution in [-0.2, 0) is 15.7 Å². The van der Waals surface area contributed by atoms with E-state index in [0.29, 0.717) is 13.0 Å². The van der Waals surface area contributed by atoms with Gasteiger partial charge < -0.3 is 4.74 Å². The Labute approximate surface area is 115 Å². The summed E-state index contributed by atoms with van der Waals surface area (Å²) in [4.78, 5) is 10.3. The molecule has 1 aromatic carbocycles. The minimum atomic E-state index is -4.37. The van der Waals surface area contributed by atoms with Crippen molar-refractivity contribution in [3.8, 4) is 6.07 Å². The third kappa shape index (κ3) is 7.21. The van der Waals surface area contributed by atoms with Gasteiger partial charge in [-0.1, -0.05) is 25.6 Å². The molecule has 20 heavy (non-hydrogen) atoms. The van der Waals surface area contributed by atoms with Gasteiger partial charge in [-0.3, -0.25) is 4.79 Å². The van der Waals surface area contributed by atoms with Gasteiger partial charge in [0.1, 0.15) is 6.61 Å². The van der Waals surface area contributed by atoms with Gasteiger partial charge in [-0.25, -0.2) is 0 Å². The second-order valence-electron chi connectivity index (χ2n) is 3.52. The number of alkyl halides is 3. The van der Waals surface area contributed by atoms with Gasteiger partial charge in [-0.15, -0.1) is 0 Å². The summed E-state index contributed by atoms with van der Waals surface area (Å²) in [5, 5.41) is 8.31. The second-order valence-corrected chi connectivity index (χ2v) is 3.52. The molecular weight excluding hydrogens is 271 g/mol. The van der Waals surface area contributed by atoms with Gasteiger partial charge in [0, 0.05) is 6.42 Å². The second kappa shape index (κ2) is 8.75. The Bertz CT molecular complexity index is 490. The largest absolute Gasteiger partial charge is 0.461 e. The van der Waals surface area contributed by atoms with Crippen molar-refractivity contribution in [3.63, 3.8) is 0 Å². The normalized spacial score (nSPS) is 9.75. The number of benzene rings is 1. The standard InChI is InChI=1S/C8H4F3N.C6H10O2/c9-8(10,11)7-3-1-2-6(4-7)5-12;1-3-5-8-6(7)4-2/h1-4H;3H,1,4-5H2,2H3. The Hall–Kier alpha value is -2.29. The summed E-state index contributed by atoms with van der Waals surface area (Å²) in [6.45, 7) is 5.47. The molecule has 0 N–H and O–H groups in total. The van der Waals surface area contributed by atoms with E-state index in [9.17, 15) is 18.0 Å². The maximum Gasteiger partial charge on any atom is 0.416 e. The number of nitrogens with zero attached hydrogens (tertiary/aromatic N) is 1. The molecule has 0 saturated carbocycles. The van der Waals surface area contributed by atoms with Crippen LogP contribution in [0.25, 0.3) is 0 Å². The zero-order valence-electron chi connectivity index (χ0n) is 10.9. The van der Waals surface area contributed by atoms with Crippen LogP contribution in [0.5, 0.6) is 0 Å². The van der Waals surface area contributed by atoms with Crippen molar-refractivity contribution >= 4 is 5.97 Å². The number of ether oxygens (including phenoxy) is 1. The van der Waals surface area contributed by atoms with Crippen LogP contribution in [0.4, 0.5) is 13.2 Å². The number of esters is 1. The summed E-state index contributed by atoms with van der Waals surface area (Å²) in [6, 6.07) is 5.93. The van der Waals surface area contributed by atoms with Crippen LogP contribution in [0.1, 0.15) is 24.5 Å². The van der Waals surface area contributed by atoms with Gasteiger partial charge in [0.15, 0.2) is 0 Å². The molecule has 0 unspecified atom stereocenters. The van der Waals surface area contributed by atoms with E-state index in [4.69, 9.17) is 5.26 Å². The Balaban J connectivity index is 0.000000396. The molecule has 0 bridgehead atoms. The van der Waals surface area contributed by atoms with Crippen molar-refractivity contribution in [2.45, 2.75) is 19.5 Å². The van der Waals surface area contributed by atoms with E-state index in [1.807, 2.05) is 0 Å². The first-order valence-corrected chi connectivity index (χ1v) is 5.69. The number of carbonyl (C=O) groups excluding carboxylic acids is 1. The summed E-state index contributed by atoms with van der Waals surface area (Å²) in [5.41, 5.74) is -0.772. The molecule has 6 heteroatoms. The smallest absolute Gasteiger partial charge is 0.416 e. The van der Waals surface area contributed by atoms with Crippen molar-refractivity contribution < 1.29 is 22.7 Å². The average molecular weight is 285 g/mol. The molecule has 0 fully saturated rings. The minimum absolute atomic E-state index is 0.0184. The van der Waals surface area contributed by atoms with Crippen LogP contribution in [0.15, 0.2) is 36.9 Å². The highest BCUT2D eigenvalue weighted by molar-refractivity contribution is 5.68. The van der Waals surface area contributed by atoms with Gasteiger partial charge >= 0.3 is 12.1 Å². The van der Waals surface area contributed by atoms with Crippen LogP contribution in [0, 0.1) is 11.3 Å². The molecule has 1 rings (SSSR count).